The summed E-state index contributed by atoms with van der Waals surface area (Å²) in [6.07, 6.45) is 5.30. The Kier molecular flexibility index (Phi) is 28.9. The van der Waals surface area contributed by atoms with E-state index in [1.165, 1.54) is 0 Å². The normalized spacial score (nSPS) is 11.9. The molecule has 0 aliphatic carbocycles. The van der Waals surface area contributed by atoms with E-state index in [1.54, 1.807) is 12.2 Å². The van der Waals surface area contributed by atoms with E-state index in [1.807, 2.05) is 0 Å². The molecule has 0 rings (SSSR count). The first-order chi connectivity index (χ1) is 7.03. The van der Waals surface area contributed by atoms with E-state index in [2.05, 4.69) is 40.9 Å². The van der Waals surface area contributed by atoms with Crippen molar-refractivity contribution in [1.82, 2.24) is 0 Å². The van der Waals surface area contributed by atoms with Crippen LogP contribution < -0.4 is 0 Å². The molecule has 0 fully saturated rings. The first-order valence-electron chi connectivity index (χ1n) is 4.49. The Bertz CT molecular complexity index is 113. The second kappa shape index (κ2) is 20.4. The summed E-state index contributed by atoms with van der Waals surface area (Å²) in [4.78, 5) is 0. The molecule has 3 heteroatoms. The van der Waals surface area contributed by atoms with Crippen LogP contribution in [0.4, 0.5) is 0 Å². The van der Waals surface area contributed by atoms with Gasteiger partial charge in [-0.25, -0.2) is 12.8 Å². The fourth-order valence-electron chi connectivity index (χ4n) is 0.236. The standard InChI is InChI=1S/2C6H10.2ClH.Zr/c2*1-4-6(3)5-2;;;/h2*4,6H,1-3,5H2;2*1H;/q2*-2;;;+2/p-2. The van der Waals surface area contributed by atoms with Crippen molar-refractivity contribution in [3.05, 3.63) is 53.0 Å². The summed E-state index contributed by atoms with van der Waals surface area (Å²) in [5.41, 5.74) is 0. The molecule has 0 N–H and O–H groups in total. The van der Waals surface area contributed by atoms with Gasteiger partial charge in [0.05, 0.1) is 0 Å². The Morgan fingerprint density at radius 2 is 1.20 bits per heavy atom. The van der Waals surface area contributed by atoms with Gasteiger partial charge in [0.25, 0.3) is 0 Å². The molecule has 0 aliphatic rings. The Morgan fingerprint density at radius 1 is 1.00 bits per heavy atom. The van der Waals surface area contributed by atoms with E-state index in [4.69, 9.17) is 17.0 Å². The predicted molar refractivity (Wildman–Crippen MR) is 69.7 cm³/mol. The van der Waals surface area contributed by atoms with Gasteiger partial charge >= 0.3 is 37.9 Å². The van der Waals surface area contributed by atoms with Crippen molar-refractivity contribution < 1.29 is 20.8 Å². The van der Waals surface area contributed by atoms with Crippen LogP contribution >= 0.6 is 17.0 Å². The second-order valence-corrected chi connectivity index (χ2v) is 6.37. The molecule has 0 saturated carbocycles. The monoisotopic (exact) mass is 324 g/mol. The average molecular weight is 326 g/mol. The molecule has 90 valence electrons. The van der Waals surface area contributed by atoms with Crippen LogP contribution in [0.25, 0.3) is 0 Å². The molecule has 0 heterocycles. The number of halogens is 2. The Balaban J connectivity index is -0.000000153. The molecular formula is C12H20Cl2Zr-4. The topological polar surface area (TPSA) is 0 Å². The summed E-state index contributed by atoms with van der Waals surface area (Å²) in [7, 11) is 9.87. The summed E-state index contributed by atoms with van der Waals surface area (Å²) in [6.45, 7) is 21.7. The van der Waals surface area contributed by atoms with Crippen molar-refractivity contribution in [2.45, 2.75) is 12.8 Å². The summed E-state index contributed by atoms with van der Waals surface area (Å²) in [5, 5.41) is 0. The Labute approximate surface area is 115 Å². The minimum absolute atomic E-state index is 0.338. The molecule has 0 aromatic heterocycles. The van der Waals surface area contributed by atoms with Gasteiger partial charge in [-0.15, -0.1) is 25.3 Å². The summed E-state index contributed by atoms with van der Waals surface area (Å²) >= 11 is -0.826. The van der Waals surface area contributed by atoms with Crippen molar-refractivity contribution in [2.24, 2.45) is 11.8 Å². The maximum atomic E-state index is 4.93. The molecule has 0 nitrogen and oxygen atoms in total. The van der Waals surface area contributed by atoms with Gasteiger partial charge in [0, 0.05) is 0 Å². The quantitative estimate of drug-likeness (QED) is 0.500. The van der Waals surface area contributed by atoms with Gasteiger partial charge < -0.3 is 27.7 Å². The van der Waals surface area contributed by atoms with Gasteiger partial charge in [-0.2, -0.15) is 11.8 Å². The first kappa shape index (κ1) is 21.3. The Hall–Kier alpha value is 0.943. The van der Waals surface area contributed by atoms with Crippen LogP contribution in [0.2, 0.25) is 0 Å². The zero-order valence-corrected chi connectivity index (χ0v) is 13.2. The van der Waals surface area contributed by atoms with Gasteiger partial charge in [0.15, 0.2) is 0 Å². The molecular weight excluding hydrogens is 306 g/mol. The van der Waals surface area contributed by atoms with E-state index in [0.29, 0.717) is 11.8 Å². The van der Waals surface area contributed by atoms with Crippen molar-refractivity contribution >= 4 is 17.0 Å². The van der Waals surface area contributed by atoms with Gasteiger partial charge in [-0.1, -0.05) is 0 Å². The second-order valence-electron chi connectivity index (χ2n) is 2.64. The zero-order chi connectivity index (χ0) is 12.7. The SMILES string of the molecule is C=CC([CH2-])C[CH2-].C=CC([CH2-])C[CH2-].[Cl][Zr][Cl]. The van der Waals surface area contributed by atoms with Crippen LogP contribution in [-0.2, 0) is 20.8 Å². The van der Waals surface area contributed by atoms with Crippen LogP contribution in [-0.4, -0.2) is 0 Å². The van der Waals surface area contributed by atoms with Gasteiger partial charge in [-0.3, -0.25) is 0 Å². The molecule has 0 radical (unpaired) electrons. The van der Waals surface area contributed by atoms with E-state index < -0.39 is 20.8 Å². The van der Waals surface area contributed by atoms with Crippen LogP contribution in [0.15, 0.2) is 25.3 Å². The molecule has 0 aromatic carbocycles. The first-order valence-corrected chi connectivity index (χ1v) is 10.8. The molecule has 2 atom stereocenters. The maximum absolute atomic E-state index is 4.93. The van der Waals surface area contributed by atoms with Crippen molar-refractivity contribution in [3.8, 4) is 0 Å². The number of allylic oxidation sites excluding steroid dienone is 2. The zero-order valence-electron chi connectivity index (χ0n) is 9.22. The average Bonchev–Trinajstić information content (AvgIpc) is 2.28. The van der Waals surface area contributed by atoms with E-state index >= 15 is 0 Å². The minimum atomic E-state index is -0.826. The third-order valence-electron chi connectivity index (χ3n) is 1.41. The van der Waals surface area contributed by atoms with E-state index in [0.717, 1.165) is 12.8 Å². The summed E-state index contributed by atoms with van der Waals surface area (Å²) in [5.74, 6) is 0.676. The van der Waals surface area contributed by atoms with E-state index in [9.17, 15) is 0 Å². The fourth-order valence-corrected chi connectivity index (χ4v) is 0.236. The third-order valence-corrected chi connectivity index (χ3v) is 1.41. The van der Waals surface area contributed by atoms with Crippen LogP contribution in [0.1, 0.15) is 12.8 Å². The molecule has 0 aromatic rings. The van der Waals surface area contributed by atoms with Crippen LogP contribution in [0, 0.1) is 39.5 Å². The molecule has 0 bridgehead atoms. The summed E-state index contributed by atoms with van der Waals surface area (Å²) in [6, 6.07) is 0. The number of hydrogen-bond acceptors (Lipinski definition) is 0. The molecule has 0 spiro atoms. The third kappa shape index (κ3) is 31.3. The molecule has 15 heavy (non-hydrogen) atoms. The summed E-state index contributed by atoms with van der Waals surface area (Å²) < 4.78 is 0. The van der Waals surface area contributed by atoms with Crippen molar-refractivity contribution in [2.75, 3.05) is 0 Å². The van der Waals surface area contributed by atoms with Gasteiger partial charge in [0.2, 0.25) is 0 Å². The number of hydrogen-bond donors (Lipinski definition) is 0. The number of rotatable bonds is 4. The molecule has 0 aliphatic heterocycles. The molecule has 0 amide bonds. The Morgan fingerprint density at radius 3 is 1.20 bits per heavy atom. The fraction of sp³-hybridized carbons (Fsp3) is 0.333. The van der Waals surface area contributed by atoms with Crippen LogP contribution in [0.5, 0.6) is 0 Å². The predicted octanol–water partition coefficient (Wildman–Crippen LogP) is 5.07. The van der Waals surface area contributed by atoms with E-state index in [-0.39, 0.29) is 0 Å². The van der Waals surface area contributed by atoms with Crippen molar-refractivity contribution in [1.29, 1.82) is 0 Å². The van der Waals surface area contributed by atoms with Crippen LogP contribution in [0.3, 0.4) is 0 Å². The van der Waals surface area contributed by atoms with Gasteiger partial charge in [-0.05, 0) is 0 Å². The van der Waals surface area contributed by atoms with Gasteiger partial charge in [0.1, 0.15) is 0 Å². The molecule has 0 saturated heterocycles. The van der Waals surface area contributed by atoms with Crippen molar-refractivity contribution in [3.63, 3.8) is 0 Å². The molecule has 2 unspecified atom stereocenters.